The van der Waals surface area contributed by atoms with Crippen LogP contribution in [-0.4, -0.2) is 47.3 Å². The lowest BCUT2D eigenvalue weighted by Gasteiger charge is -2.35. The van der Waals surface area contributed by atoms with E-state index >= 15 is 0 Å². The lowest BCUT2D eigenvalue weighted by molar-refractivity contribution is 0.208. The number of hydrogen-bond donors (Lipinski definition) is 1. The van der Waals surface area contributed by atoms with Crippen LogP contribution in [0, 0.1) is 6.92 Å². The highest BCUT2D eigenvalue weighted by Crippen LogP contribution is 2.17. The number of aromatic nitrogens is 2. The van der Waals surface area contributed by atoms with E-state index in [2.05, 4.69) is 27.3 Å². The fourth-order valence-corrected chi connectivity index (χ4v) is 2.84. The van der Waals surface area contributed by atoms with E-state index in [1.165, 1.54) is 0 Å². The van der Waals surface area contributed by atoms with E-state index in [0.717, 1.165) is 42.3 Å². The zero-order chi connectivity index (χ0) is 16.9. The molecule has 1 aromatic heterocycles. The van der Waals surface area contributed by atoms with Crippen LogP contribution in [-0.2, 0) is 6.42 Å². The Morgan fingerprint density at radius 1 is 1.08 bits per heavy atom. The van der Waals surface area contributed by atoms with Crippen LogP contribution in [0.5, 0.6) is 0 Å². The summed E-state index contributed by atoms with van der Waals surface area (Å²) in [6.07, 6.45) is 0.899. The van der Waals surface area contributed by atoms with Gasteiger partial charge in [0.05, 0.1) is 5.69 Å². The molecule has 2 heterocycles. The molecule has 2 amide bonds. The van der Waals surface area contributed by atoms with Crippen LogP contribution in [0.4, 0.5) is 16.3 Å². The molecule has 0 spiro atoms. The van der Waals surface area contributed by atoms with Gasteiger partial charge in [-0.3, -0.25) is 0 Å². The summed E-state index contributed by atoms with van der Waals surface area (Å²) in [5, 5.41) is 11.4. The van der Waals surface area contributed by atoms with Gasteiger partial charge in [0.2, 0.25) is 0 Å². The van der Waals surface area contributed by atoms with Gasteiger partial charge in [0.25, 0.3) is 0 Å². The van der Waals surface area contributed by atoms with Crippen molar-refractivity contribution in [1.82, 2.24) is 15.1 Å². The van der Waals surface area contributed by atoms with Crippen molar-refractivity contribution >= 4 is 17.5 Å². The molecule has 126 valence electrons. The molecule has 1 aliphatic rings. The summed E-state index contributed by atoms with van der Waals surface area (Å²) >= 11 is 0. The Morgan fingerprint density at radius 3 is 2.50 bits per heavy atom. The van der Waals surface area contributed by atoms with Crippen LogP contribution in [0.15, 0.2) is 36.4 Å². The van der Waals surface area contributed by atoms with Crippen LogP contribution in [0.3, 0.4) is 0 Å². The highest BCUT2D eigenvalue weighted by molar-refractivity contribution is 5.90. The fraction of sp³-hybridized carbons (Fsp3) is 0.389. The minimum atomic E-state index is -0.0365. The molecule has 0 bridgehead atoms. The lowest BCUT2D eigenvalue weighted by Crippen LogP contribution is -2.50. The van der Waals surface area contributed by atoms with Crippen molar-refractivity contribution in [2.45, 2.75) is 20.3 Å². The topological polar surface area (TPSA) is 61.4 Å². The van der Waals surface area contributed by atoms with Gasteiger partial charge in [-0.1, -0.05) is 25.1 Å². The standard InChI is InChI=1S/C18H23N5O/c1-3-15-6-4-5-7-16(15)19-18(24)23-12-10-22(11-13-23)17-9-8-14(2)20-21-17/h4-9H,3,10-13H2,1-2H3,(H,19,24). The van der Waals surface area contributed by atoms with Crippen molar-refractivity contribution in [1.29, 1.82) is 0 Å². The highest BCUT2D eigenvalue weighted by Gasteiger charge is 2.22. The summed E-state index contributed by atoms with van der Waals surface area (Å²) in [7, 11) is 0. The molecule has 6 heteroatoms. The summed E-state index contributed by atoms with van der Waals surface area (Å²) in [5.74, 6) is 0.872. The maximum Gasteiger partial charge on any atom is 0.321 e. The van der Waals surface area contributed by atoms with Crippen molar-refractivity contribution in [2.24, 2.45) is 0 Å². The van der Waals surface area contributed by atoms with Gasteiger partial charge in [-0.25, -0.2) is 4.79 Å². The van der Waals surface area contributed by atoms with E-state index in [0.29, 0.717) is 13.1 Å². The molecule has 2 aromatic rings. The highest BCUT2D eigenvalue weighted by atomic mass is 16.2. The van der Waals surface area contributed by atoms with E-state index in [1.54, 1.807) is 0 Å². The van der Waals surface area contributed by atoms with Crippen molar-refractivity contribution in [3.8, 4) is 0 Å². The quantitative estimate of drug-likeness (QED) is 0.942. The summed E-state index contributed by atoms with van der Waals surface area (Å²) < 4.78 is 0. The van der Waals surface area contributed by atoms with E-state index < -0.39 is 0 Å². The Kier molecular flexibility index (Phi) is 4.93. The third-order valence-corrected chi connectivity index (χ3v) is 4.31. The molecule has 0 saturated carbocycles. The predicted octanol–water partition coefficient (Wildman–Crippen LogP) is 2.70. The van der Waals surface area contributed by atoms with Crippen LogP contribution in [0.1, 0.15) is 18.2 Å². The van der Waals surface area contributed by atoms with Crippen molar-refractivity contribution in [2.75, 3.05) is 36.4 Å². The summed E-state index contributed by atoms with van der Waals surface area (Å²) in [6, 6.07) is 11.8. The Balaban J connectivity index is 1.58. The summed E-state index contributed by atoms with van der Waals surface area (Å²) in [4.78, 5) is 16.5. The molecule has 1 aliphatic heterocycles. The van der Waals surface area contributed by atoms with Gasteiger partial charge < -0.3 is 15.1 Å². The fourth-order valence-electron chi connectivity index (χ4n) is 2.84. The number of benzene rings is 1. The first-order valence-electron chi connectivity index (χ1n) is 8.36. The van der Waals surface area contributed by atoms with Crippen molar-refractivity contribution in [3.63, 3.8) is 0 Å². The second kappa shape index (κ2) is 7.29. The average Bonchev–Trinajstić information content (AvgIpc) is 2.63. The predicted molar refractivity (Wildman–Crippen MR) is 95.4 cm³/mol. The Morgan fingerprint density at radius 2 is 1.83 bits per heavy atom. The van der Waals surface area contributed by atoms with E-state index in [-0.39, 0.29) is 6.03 Å². The van der Waals surface area contributed by atoms with Gasteiger partial charge >= 0.3 is 6.03 Å². The number of piperazine rings is 1. The third-order valence-electron chi connectivity index (χ3n) is 4.31. The van der Waals surface area contributed by atoms with Crippen LogP contribution >= 0.6 is 0 Å². The summed E-state index contributed by atoms with van der Waals surface area (Å²) in [6.45, 7) is 6.89. The molecule has 0 atom stereocenters. The lowest BCUT2D eigenvalue weighted by atomic mass is 10.1. The molecule has 3 rings (SSSR count). The van der Waals surface area contributed by atoms with Crippen LogP contribution in [0.25, 0.3) is 0 Å². The molecular formula is C18H23N5O. The van der Waals surface area contributed by atoms with Crippen LogP contribution < -0.4 is 10.2 Å². The van der Waals surface area contributed by atoms with Gasteiger partial charge in [-0.2, -0.15) is 5.10 Å². The zero-order valence-electron chi connectivity index (χ0n) is 14.2. The molecule has 0 aliphatic carbocycles. The minimum Gasteiger partial charge on any atom is -0.352 e. The number of hydrogen-bond acceptors (Lipinski definition) is 4. The molecule has 0 unspecified atom stereocenters. The maximum atomic E-state index is 12.5. The molecule has 24 heavy (non-hydrogen) atoms. The SMILES string of the molecule is CCc1ccccc1NC(=O)N1CCN(c2ccc(C)nn2)CC1. The largest absolute Gasteiger partial charge is 0.352 e. The number of carbonyl (C=O) groups is 1. The first-order chi connectivity index (χ1) is 11.7. The molecule has 6 nitrogen and oxygen atoms in total. The maximum absolute atomic E-state index is 12.5. The number of carbonyl (C=O) groups excluding carboxylic acids is 1. The van der Waals surface area contributed by atoms with Gasteiger partial charge in [0, 0.05) is 31.9 Å². The molecule has 1 saturated heterocycles. The van der Waals surface area contributed by atoms with Crippen molar-refractivity contribution < 1.29 is 4.79 Å². The van der Waals surface area contributed by atoms with E-state index in [9.17, 15) is 4.79 Å². The molecule has 1 fully saturated rings. The monoisotopic (exact) mass is 325 g/mol. The van der Waals surface area contributed by atoms with Gasteiger partial charge in [0.1, 0.15) is 0 Å². The van der Waals surface area contributed by atoms with Gasteiger partial charge in [0.15, 0.2) is 5.82 Å². The number of anilines is 2. The first kappa shape index (κ1) is 16.2. The zero-order valence-corrected chi connectivity index (χ0v) is 14.2. The van der Waals surface area contributed by atoms with E-state index in [1.807, 2.05) is 48.2 Å². The molecular weight excluding hydrogens is 302 g/mol. The normalized spacial score (nSPS) is 14.6. The van der Waals surface area contributed by atoms with Crippen molar-refractivity contribution in [3.05, 3.63) is 47.7 Å². The Labute approximate surface area is 142 Å². The van der Waals surface area contributed by atoms with Crippen LogP contribution in [0.2, 0.25) is 0 Å². The smallest absolute Gasteiger partial charge is 0.321 e. The number of urea groups is 1. The number of para-hydroxylation sites is 1. The Hall–Kier alpha value is -2.63. The molecule has 1 N–H and O–H groups in total. The number of aryl methyl sites for hydroxylation is 2. The van der Waals surface area contributed by atoms with Gasteiger partial charge in [-0.05, 0) is 37.1 Å². The average molecular weight is 325 g/mol. The molecule has 1 aromatic carbocycles. The van der Waals surface area contributed by atoms with Gasteiger partial charge in [-0.15, -0.1) is 5.10 Å². The number of amides is 2. The first-order valence-corrected chi connectivity index (χ1v) is 8.36. The number of rotatable bonds is 3. The second-order valence-corrected chi connectivity index (χ2v) is 5.95. The van der Waals surface area contributed by atoms with E-state index in [4.69, 9.17) is 0 Å². The number of nitrogens with zero attached hydrogens (tertiary/aromatic N) is 4. The third kappa shape index (κ3) is 3.64. The molecule has 0 radical (unpaired) electrons. The minimum absolute atomic E-state index is 0.0365. The summed E-state index contributed by atoms with van der Waals surface area (Å²) in [5.41, 5.74) is 2.96. The second-order valence-electron chi connectivity index (χ2n) is 5.95. The Bertz CT molecular complexity index is 693. The number of nitrogens with one attached hydrogen (secondary N) is 1.